The highest BCUT2D eigenvalue weighted by Crippen LogP contribution is 2.31. The maximum Gasteiger partial charge on any atom is 0.355 e. The number of fused-ring (bicyclic) bond motifs is 2. The van der Waals surface area contributed by atoms with Crippen LogP contribution in [0.1, 0.15) is 88.5 Å². The summed E-state index contributed by atoms with van der Waals surface area (Å²) in [4.78, 5) is 69.6. The van der Waals surface area contributed by atoms with Gasteiger partial charge in [0.1, 0.15) is 11.7 Å². The second-order valence-corrected chi connectivity index (χ2v) is 13.2. The lowest BCUT2D eigenvalue weighted by Gasteiger charge is -2.29. The van der Waals surface area contributed by atoms with Crippen molar-refractivity contribution < 1.29 is 41.9 Å². The average molecular weight is 747 g/mol. The number of benzene rings is 3. The fourth-order valence-corrected chi connectivity index (χ4v) is 6.79. The molecule has 2 aliphatic heterocycles. The van der Waals surface area contributed by atoms with Crippen molar-refractivity contribution >= 4 is 52.1 Å². The smallest absolute Gasteiger partial charge is 0.355 e. The summed E-state index contributed by atoms with van der Waals surface area (Å²) >= 11 is 6.18. The minimum absolute atomic E-state index is 0.0197. The number of nitrogens with one attached hydrogen (secondary N) is 2. The standard InChI is InChI=1S/C39H34ClF3N4O6/c1-2-53-39(52)36-28(25-13-12-24(40)18-31(25)44-36)20-46(19-22-16-29(41)35(43)30(42)17-22)34(49)11-6-4-3-5-8-23-9-7-10-26-27(23)21-47(38(26)51)32-14-15-33(48)45-37(32)50/h7,9-10,12-13,16-18,32,44H,2-4,6,11,14-15,19-21H2,1H3,(H,45,48,50). The van der Waals surface area contributed by atoms with Crippen LogP contribution < -0.4 is 5.32 Å². The number of esters is 1. The zero-order chi connectivity index (χ0) is 37.8. The molecule has 3 heterocycles. The molecule has 14 heteroatoms. The molecule has 0 aliphatic carbocycles. The van der Waals surface area contributed by atoms with E-state index in [4.69, 9.17) is 16.3 Å². The minimum Gasteiger partial charge on any atom is -0.461 e. The Kier molecular flexibility index (Phi) is 11.2. The van der Waals surface area contributed by atoms with Crippen molar-refractivity contribution in [3.63, 3.8) is 0 Å². The molecule has 1 atom stereocenters. The molecule has 0 radical (unpaired) electrons. The van der Waals surface area contributed by atoms with Gasteiger partial charge >= 0.3 is 5.97 Å². The van der Waals surface area contributed by atoms with Crippen LogP contribution >= 0.6 is 11.6 Å². The van der Waals surface area contributed by atoms with Crippen LogP contribution in [0.15, 0.2) is 48.5 Å². The lowest BCUT2D eigenvalue weighted by molar-refractivity contribution is -0.137. The SMILES string of the molecule is CCOC(=O)c1[nH]c2cc(Cl)ccc2c1CN(Cc1cc(F)c(F)c(F)c1)C(=O)CCCCC#Cc1cccc2c1CN(C1CCC(=O)NC1=O)C2=O. The number of amides is 4. The Morgan fingerprint density at radius 3 is 2.55 bits per heavy atom. The number of aromatic amines is 1. The molecule has 6 rings (SSSR count). The van der Waals surface area contributed by atoms with Crippen LogP contribution in [0, 0.1) is 29.3 Å². The minimum atomic E-state index is -1.62. The molecular weight excluding hydrogens is 713 g/mol. The number of unbranched alkanes of at least 4 members (excludes halogenated alkanes) is 2. The molecule has 10 nitrogen and oxygen atoms in total. The molecule has 4 aromatic rings. The predicted molar refractivity (Wildman–Crippen MR) is 188 cm³/mol. The van der Waals surface area contributed by atoms with Crippen LogP contribution in [0.3, 0.4) is 0 Å². The molecule has 53 heavy (non-hydrogen) atoms. The van der Waals surface area contributed by atoms with Crippen LogP contribution in [0.5, 0.6) is 0 Å². The molecule has 3 aromatic carbocycles. The Bertz CT molecular complexity index is 2190. The van der Waals surface area contributed by atoms with Crippen molar-refractivity contribution in [2.75, 3.05) is 6.61 Å². The molecule has 1 saturated heterocycles. The van der Waals surface area contributed by atoms with E-state index in [0.29, 0.717) is 57.4 Å². The maximum atomic E-state index is 14.2. The average Bonchev–Trinajstić information content (AvgIpc) is 3.65. The first kappa shape index (κ1) is 37.2. The van der Waals surface area contributed by atoms with Crippen molar-refractivity contribution in [1.29, 1.82) is 0 Å². The third-order valence-electron chi connectivity index (χ3n) is 9.21. The molecule has 1 unspecified atom stereocenters. The lowest BCUT2D eigenvalue weighted by atomic mass is 10.0. The third kappa shape index (κ3) is 8.08. The number of hydrogen-bond donors (Lipinski definition) is 2. The van der Waals surface area contributed by atoms with Gasteiger partial charge in [-0.1, -0.05) is 35.6 Å². The molecule has 2 N–H and O–H groups in total. The second-order valence-electron chi connectivity index (χ2n) is 12.8. The van der Waals surface area contributed by atoms with Gasteiger partial charge in [0, 0.05) is 71.5 Å². The Morgan fingerprint density at radius 2 is 1.81 bits per heavy atom. The van der Waals surface area contributed by atoms with Crippen molar-refractivity contribution in [3.05, 3.63) is 105 Å². The van der Waals surface area contributed by atoms with E-state index in [1.807, 2.05) is 0 Å². The number of carbonyl (C=O) groups is 5. The molecule has 1 aromatic heterocycles. The van der Waals surface area contributed by atoms with Gasteiger partial charge < -0.3 is 19.5 Å². The Balaban J connectivity index is 1.15. The highest BCUT2D eigenvalue weighted by atomic mass is 35.5. The van der Waals surface area contributed by atoms with Crippen molar-refractivity contribution in [1.82, 2.24) is 20.1 Å². The number of halogens is 4. The normalized spacial score (nSPS) is 15.2. The number of nitrogens with zero attached hydrogens (tertiary/aromatic N) is 2. The highest BCUT2D eigenvalue weighted by molar-refractivity contribution is 6.31. The second kappa shape index (κ2) is 16.0. The quantitative estimate of drug-likeness (QED) is 0.0608. The van der Waals surface area contributed by atoms with Gasteiger partial charge in [0.25, 0.3) is 5.91 Å². The lowest BCUT2D eigenvalue weighted by Crippen LogP contribution is -2.52. The van der Waals surface area contributed by atoms with E-state index in [-0.39, 0.29) is 74.5 Å². The molecule has 2 aliphatic rings. The largest absolute Gasteiger partial charge is 0.461 e. The van der Waals surface area contributed by atoms with Gasteiger partial charge in [-0.2, -0.15) is 0 Å². The van der Waals surface area contributed by atoms with Crippen LogP contribution in [0.4, 0.5) is 13.2 Å². The van der Waals surface area contributed by atoms with E-state index in [2.05, 4.69) is 22.1 Å². The fourth-order valence-electron chi connectivity index (χ4n) is 6.62. The van der Waals surface area contributed by atoms with Gasteiger partial charge in [-0.3, -0.25) is 24.5 Å². The number of ether oxygens (including phenoxy) is 1. The zero-order valence-electron chi connectivity index (χ0n) is 28.6. The van der Waals surface area contributed by atoms with E-state index >= 15 is 0 Å². The fraction of sp³-hybridized carbons (Fsp3) is 0.308. The summed E-state index contributed by atoms with van der Waals surface area (Å²) in [5.74, 6) is -0.390. The van der Waals surface area contributed by atoms with Crippen LogP contribution in [0.25, 0.3) is 10.9 Å². The number of piperidine rings is 1. The van der Waals surface area contributed by atoms with Crippen LogP contribution in [-0.2, 0) is 38.8 Å². The van der Waals surface area contributed by atoms with E-state index in [9.17, 15) is 37.1 Å². The van der Waals surface area contributed by atoms with Crippen molar-refractivity contribution in [2.45, 2.75) is 71.1 Å². The van der Waals surface area contributed by atoms with E-state index in [0.717, 1.165) is 12.1 Å². The molecular formula is C39H34ClF3N4O6. The summed E-state index contributed by atoms with van der Waals surface area (Å²) in [7, 11) is 0. The van der Waals surface area contributed by atoms with Crippen LogP contribution in [-0.4, -0.2) is 57.0 Å². The number of H-pyrrole nitrogens is 1. The monoisotopic (exact) mass is 746 g/mol. The zero-order valence-corrected chi connectivity index (χ0v) is 29.4. The summed E-state index contributed by atoms with van der Waals surface area (Å²) in [6, 6.07) is 11.0. The van der Waals surface area contributed by atoms with Gasteiger partial charge in [-0.05, 0) is 73.7 Å². The van der Waals surface area contributed by atoms with Gasteiger partial charge in [0.05, 0.1) is 6.61 Å². The summed E-state index contributed by atoms with van der Waals surface area (Å²) in [6.45, 7) is 1.53. The number of rotatable bonds is 11. The first-order valence-electron chi connectivity index (χ1n) is 17.1. The number of carbonyl (C=O) groups excluding carboxylic acids is 5. The van der Waals surface area contributed by atoms with Crippen molar-refractivity contribution in [3.8, 4) is 11.8 Å². The van der Waals surface area contributed by atoms with Crippen molar-refractivity contribution in [2.24, 2.45) is 0 Å². The third-order valence-corrected chi connectivity index (χ3v) is 9.45. The summed E-state index contributed by atoms with van der Waals surface area (Å²) in [6.07, 6.45) is 1.77. The molecule has 4 amide bonds. The van der Waals surface area contributed by atoms with E-state index in [1.54, 1.807) is 43.3 Å². The number of aromatic nitrogens is 1. The van der Waals surface area contributed by atoms with Gasteiger partial charge in [0.15, 0.2) is 17.5 Å². The summed E-state index contributed by atoms with van der Waals surface area (Å²) in [5.41, 5.74) is 2.87. The highest BCUT2D eigenvalue weighted by Gasteiger charge is 2.39. The first-order chi connectivity index (χ1) is 25.4. The number of imide groups is 1. The Morgan fingerprint density at radius 1 is 1.04 bits per heavy atom. The molecule has 274 valence electrons. The Labute approximate surface area is 307 Å². The molecule has 0 saturated carbocycles. The maximum absolute atomic E-state index is 14.2. The Hall–Kier alpha value is -5.61. The molecule has 0 spiro atoms. The number of hydrogen-bond acceptors (Lipinski definition) is 6. The summed E-state index contributed by atoms with van der Waals surface area (Å²) < 4.78 is 47.4. The summed E-state index contributed by atoms with van der Waals surface area (Å²) in [5, 5.41) is 3.30. The molecule has 1 fully saturated rings. The topological polar surface area (TPSA) is 129 Å². The predicted octanol–water partition coefficient (Wildman–Crippen LogP) is 6.32. The first-order valence-corrected chi connectivity index (χ1v) is 17.5. The van der Waals surface area contributed by atoms with E-state index < -0.39 is 35.4 Å². The van der Waals surface area contributed by atoms with E-state index in [1.165, 1.54) is 9.80 Å². The molecule has 0 bridgehead atoms. The van der Waals surface area contributed by atoms with Gasteiger partial charge in [-0.25, -0.2) is 18.0 Å². The van der Waals surface area contributed by atoms with Gasteiger partial charge in [-0.15, -0.1) is 0 Å². The van der Waals surface area contributed by atoms with Gasteiger partial charge in [0.2, 0.25) is 17.7 Å². The van der Waals surface area contributed by atoms with Crippen LogP contribution in [0.2, 0.25) is 5.02 Å².